The molecule has 4 fully saturated rings. The van der Waals surface area contributed by atoms with Crippen LogP contribution in [0.25, 0.3) is 0 Å². The van der Waals surface area contributed by atoms with Gasteiger partial charge >= 0.3 is 11.9 Å². The van der Waals surface area contributed by atoms with Crippen LogP contribution in [0.1, 0.15) is 95.3 Å². The van der Waals surface area contributed by atoms with E-state index in [1.807, 2.05) is 30.3 Å². The second-order valence-electron chi connectivity index (χ2n) is 13.0. The summed E-state index contributed by atoms with van der Waals surface area (Å²) in [6.45, 7) is 6.93. The molecule has 5 rings (SSSR count). The van der Waals surface area contributed by atoms with E-state index in [-0.39, 0.29) is 28.9 Å². The number of carbonyl (C=O) groups is 3. The first-order valence-electron chi connectivity index (χ1n) is 14.5. The van der Waals surface area contributed by atoms with Gasteiger partial charge in [-0.3, -0.25) is 9.59 Å². The van der Waals surface area contributed by atoms with Crippen LogP contribution in [-0.2, 0) is 19.1 Å². The number of Topliss-reactive ketones (excluding diaryl/α,β-unsaturated/α-hetero) is 1. The van der Waals surface area contributed by atoms with Crippen molar-refractivity contribution in [1.82, 2.24) is 0 Å². The fraction of sp³-hybridized carbons (Fsp3) is 0.719. The fourth-order valence-electron chi connectivity index (χ4n) is 9.42. The van der Waals surface area contributed by atoms with Crippen LogP contribution in [0.3, 0.4) is 0 Å². The molecule has 4 saturated carbocycles. The Morgan fingerprint density at radius 3 is 2.51 bits per heavy atom. The zero-order chi connectivity index (χ0) is 26.4. The van der Waals surface area contributed by atoms with Crippen LogP contribution in [0.15, 0.2) is 30.3 Å². The second-order valence-corrected chi connectivity index (χ2v) is 13.0. The first kappa shape index (κ1) is 26.4. The van der Waals surface area contributed by atoms with E-state index in [9.17, 15) is 14.4 Å². The van der Waals surface area contributed by atoms with Crippen molar-refractivity contribution in [3.05, 3.63) is 35.9 Å². The number of benzene rings is 1. The molecule has 0 spiro atoms. The molecule has 0 aromatic heterocycles. The number of rotatable bonds is 6. The van der Waals surface area contributed by atoms with E-state index < -0.39 is 0 Å². The summed E-state index contributed by atoms with van der Waals surface area (Å²) in [7, 11) is 1.45. The van der Waals surface area contributed by atoms with Gasteiger partial charge in [0.15, 0.2) is 0 Å². The lowest BCUT2D eigenvalue weighted by Gasteiger charge is -2.60. The number of carbonyl (C=O) groups excluding carboxylic acids is 3. The summed E-state index contributed by atoms with van der Waals surface area (Å²) in [6.07, 6.45) is 9.31. The van der Waals surface area contributed by atoms with Crippen molar-refractivity contribution < 1.29 is 23.9 Å². The Bertz CT molecular complexity index is 1020. The standard InChI is InChI=1S/C32H44O5/c1-20(10-15-29(34)36-4)25-13-14-26-24-12-11-22-18-23(37-30(35)21-8-6-5-7-9-21)16-17-31(22,2)27(24)19-28(33)32(25,26)3/h5-9,20,22-27H,10-19H2,1-4H3/t20-,22+,23-,24-,25+,26+,27-,31+,32-/m1/s1. The van der Waals surface area contributed by atoms with E-state index in [2.05, 4.69) is 20.8 Å². The normalized spacial score (nSPS) is 39.6. The molecule has 4 aliphatic rings. The van der Waals surface area contributed by atoms with Crippen molar-refractivity contribution in [1.29, 1.82) is 0 Å². The highest BCUT2D eigenvalue weighted by atomic mass is 16.5. The molecule has 0 heterocycles. The minimum atomic E-state index is -0.262. The number of hydrogen-bond donors (Lipinski definition) is 0. The Labute approximate surface area is 222 Å². The van der Waals surface area contributed by atoms with Crippen molar-refractivity contribution >= 4 is 17.7 Å². The average molecular weight is 509 g/mol. The third-order valence-electron chi connectivity index (χ3n) is 11.6. The van der Waals surface area contributed by atoms with Crippen LogP contribution >= 0.6 is 0 Å². The molecule has 0 N–H and O–H groups in total. The Morgan fingerprint density at radius 2 is 1.78 bits per heavy atom. The van der Waals surface area contributed by atoms with Crippen LogP contribution in [0, 0.1) is 46.3 Å². The van der Waals surface area contributed by atoms with Gasteiger partial charge in [-0.25, -0.2) is 4.79 Å². The zero-order valence-electron chi connectivity index (χ0n) is 23.0. The van der Waals surface area contributed by atoms with Crippen LogP contribution in [0.4, 0.5) is 0 Å². The lowest BCUT2D eigenvalue weighted by Crippen LogP contribution is -2.57. The van der Waals surface area contributed by atoms with E-state index in [4.69, 9.17) is 9.47 Å². The highest BCUT2D eigenvalue weighted by Crippen LogP contribution is 2.67. The summed E-state index contributed by atoms with van der Waals surface area (Å²) in [4.78, 5) is 38.4. The van der Waals surface area contributed by atoms with Crippen molar-refractivity contribution in [2.24, 2.45) is 46.3 Å². The minimum Gasteiger partial charge on any atom is -0.469 e. The summed E-state index contributed by atoms with van der Waals surface area (Å²) < 4.78 is 10.8. The first-order valence-corrected chi connectivity index (χ1v) is 14.5. The summed E-state index contributed by atoms with van der Waals surface area (Å²) in [5, 5.41) is 0. The quantitative estimate of drug-likeness (QED) is 0.403. The maximum Gasteiger partial charge on any atom is 0.338 e. The van der Waals surface area contributed by atoms with Crippen LogP contribution in [0.5, 0.6) is 0 Å². The summed E-state index contributed by atoms with van der Waals surface area (Å²) >= 11 is 0. The van der Waals surface area contributed by atoms with Gasteiger partial charge in [0.1, 0.15) is 11.9 Å². The topological polar surface area (TPSA) is 69.7 Å². The Kier molecular flexibility index (Phi) is 7.28. The Morgan fingerprint density at radius 1 is 1.03 bits per heavy atom. The molecule has 1 aromatic carbocycles. The molecular weight excluding hydrogens is 464 g/mol. The van der Waals surface area contributed by atoms with Crippen molar-refractivity contribution in [2.45, 2.75) is 91.1 Å². The van der Waals surface area contributed by atoms with Crippen LogP contribution in [-0.4, -0.2) is 30.9 Å². The van der Waals surface area contributed by atoms with E-state index in [1.165, 1.54) is 20.0 Å². The van der Waals surface area contributed by atoms with E-state index in [0.717, 1.165) is 38.5 Å². The van der Waals surface area contributed by atoms with Gasteiger partial charge in [-0.05, 0) is 104 Å². The van der Waals surface area contributed by atoms with Gasteiger partial charge in [-0.2, -0.15) is 0 Å². The van der Waals surface area contributed by atoms with Gasteiger partial charge in [0, 0.05) is 18.3 Å². The molecule has 0 unspecified atom stereocenters. The molecule has 1 aromatic rings. The lowest BCUT2D eigenvalue weighted by molar-refractivity contribution is -0.160. The average Bonchev–Trinajstić information content (AvgIpc) is 3.27. The van der Waals surface area contributed by atoms with E-state index in [0.29, 0.717) is 59.7 Å². The van der Waals surface area contributed by atoms with Gasteiger partial charge in [0.05, 0.1) is 12.7 Å². The lowest BCUT2D eigenvalue weighted by atomic mass is 9.44. The van der Waals surface area contributed by atoms with Crippen molar-refractivity contribution in [3.8, 4) is 0 Å². The maximum absolute atomic E-state index is 14.0. The molecule has 9 atom stereocenters. The largest absolute Gasteiger partial charge is 0.469 e. The monoisotopic (exact) mass is 508 g/mol. The Balaban J connectivity index is 1.27. The van der Waals surface area contributed by atoms with Gasteiger partial charge in [-0.15, -0.1) is 0 Å². The predicted molar refractivity (Wildman–Crippen MR) is 142 cm³/mol. The molecule has 4 aliphatic carbocycles. The third kappa shape index (κ3) is 4.55. The zero-order valence-corrected chi connectivity index (χ0v) is 23.0. The van der Waals surface area contributed by atoms with Gasteiger partial charge in [0.2, 0.25) is 0 Å². The van der Waals surface area contributed by atoms with Crippen molar-refractivity contribution in [2.75, 3.05) is 7.11 Å². The molecule has 5 nitrogen and oxygen atoms in total. The van der Waals surface area contributed by atoms with E-state index >= 15 is 0 Å². The van der Waals surface area contributed by atoms with Crippen LogP contribution < -0.4 is 0 Å². The molecule has 0 saturated heterocycles. The van der Waals surface area contributed by atoms with Gasteiger partial charge in [-0.1, -0.05) is 39.0 Å². The predicted octanol–water partition coefficient (Wildman–Crippen LogP) is 6.64. The molecule has 0 aliphatic heterocycles. The van der Waals surface area contributed by atoms with Crippen LogP contribution in [0.2, 0.25) is 0 Å². The summed E-state index contributed by atoms with van der Waals surface area (Å²) in [6, 6.07) is 9.29. The highest BCUT2D eigenvalue weighted by Gasteiger charge is 2.64. The summed E-state index contributed by atoms with van der Waals surface area (Å²) in [5.41, 5.74) is 0.500. The molecule has 0 amide bonds. The molecular formula is C32H44O5. The van der Waals surface area contributed by atoms with Crippen molar-refractivity contribution in [3.63, 3.8) is 0 Å². The molecule has 5 heteroatoms. The number of methoxy groups -OCH3 is 1. The van der Waals surface area contributed by atoms with Gasteiger partial charge < -0.3 is 9.47 Å². The molecule has 0 radical (unpaired) electrons. The number of ketones is 1. The minimum absolute atomic E-state index is 0.0292. The fourth-order valence-corrected chi connectivity index (χ4v) is 9.42. The number of hydrogen-bond acceptors (Lipinski definition) is 5. The molecule has 0 bridgehead atoms. The third-order valence-corrected chi connectivity index (χ3v) is 11.6. The second kappa shape index (κ2) is 10.2. The smallest absolute Gasteiger partial charge is 0.338 e. The molecule has 202 valence electrons. The summed E-state index contributed by atoms with van der Waals surface area (Å²) in [5.74, 6) is 2.79. The maximum atomic E-state index is 14.0. The van der Waals surface area contributed by atoms with Gasteiger partial charge in [0.25, 0.3) is 0 Å². The number of ether oxygens (including phenoxy) is 2. The first-order chi connectivity index (χ1) is 17.7. The number of fused-ring (bicyclic) bond motifs is 5. The Hall–Kier alpha value is -2.17. The highest BCUT2D eigenvalue weighted by molar-refractivity contribution is 5.89. The molecule has 37 heavy (non-hydrogen) atoms. The number of esters is 2. The van der Waals surface area contributed by atoms with E-state index in [1.54, 1.807) is 0 Å². The SMILES string of the molecule is COC(=O)CC[C@@H](C)[C@@H]1CC[C@H]2[C@H]3CC[C@H]4C[C@H](OC(=O)c5ccccc5)CC[C@]4(C)[C@@H]3CC(=O)[C@@]21C.